The second kappa shape index (κ2) is 7.57. The first kappa shape index (κ1) is 19.8. The van der Waals surface area contributed by atoms with Gasteiger partial charge in [-0.3, -0.25) is 9.59 Å². The van der Waals surface area contributed by atoms with Gasteiger partial charge in [0.15, 0.2) is 11.6 Å². The van der Waals surface area contributed by atoms with Crippen molar-refractivity contribution in [2.75, 3.05) is 6.61 Å². The van der Waals surface area contributed by atoms with Crippen molar-refractivity contribution < 1.29 is 49.6 Å². The lowest BCUT2D eigenvalue weighted by Gasteiger charge is -2.14. The molecule has 1 aromatic rings. The van der Waals surface area contributed by atoms with Crippen LogP contribution in [0.25, 0.3) is 0 Å². The Balaban J connectivity index is 3.02. The van der Waals surface area contributed by atoms with Gasteiger partial charge in [-0.15, -0.1) is 0 Å². The van der Waals surface area contributed by atoms with Crippen molar-refractivity contribution in [2.45, 2.75) is 24.7 Å². The molecule has 134 valence electrons. The first-order valence-electron chi connectivity index (χ1n) is 6.12. The first-order chi connectivity index (χ1) is 11.0. The van der Waals surface area contributed by atoms with Gasteiger partial charge in [0.1, 0.15) is 15.0 Å². The number of ether oxygens (including phenoxy) is 2. The Labute approximate surface area is 132 Å². The number of hydrogen-bond donors (Lipinski definition) is 0. The summed E-state index contributed by atoms with van der Waals surface area (Å²) in [6.45, 7) is 0.881. The van der Waals surface area contributed by atoms with Crippen LogP contribution in [0, 0.1) is 23.3 Å². The van der Waals surface area contributed by atoms with E-state index in [4.69, 9.17) is 0 Å². The van der Waals surface area contributed by atoms with E-state index in [1.54, 1.807) is 0 Å². The highest BCUT2D eigenvalue weighted by atomic mass is 32.2. The SMILES string of the molecule is CC(=O)OCCCC(=O)Oc1c(F)c(F)c(S(=O)(=O)[O-])c(F)c1F. The molecule has 0 N–H and O–H groups in total. The molecule has 0 aliphatic rings. The molecule has 12 heteroatoms. The van der Waals surface area contributed by atoms with Gasteiger partial charge in [0, 0.05) is 13.3 Å². The molecule has 0 atom stereocenters. The summed E-state index contributed by atoms with van der Waals surface area (Å²) in [7, 11) is -5.85. The fraction of sp³-hybridized carbons (Fsp3) is 0.333. The van der Waals surface area contributed by atoms with Crippen molar-refractivity contribution in [3.8, 4) is 5.75 Å². The Morgan fingerprint density at radius 2 is 1.54 bits per heavy atom. The summed E-state index contributed by atoms with van der Waals surface area (Å²) < 4.78 is 94.4. The minimum atomic E-state index is -5.85. The lowest BCUT2D eigenvalue weighted by atomic mass is 10.2. The van der Waals surface area contributed by atoms with Gasteiger partial charge in [-0.25, -0.2) is 17.2 Å². The molecule has 0 radical (unpaired) electrons. The van der Waals surface area contributed by atoms with Gasteiger partial charge >= 0.3 is 11.9 Å². The molecule has 7 nitrogen and oxygen atoms in total. The predicted molar refractivity (Wildman–Crippen MR) is 65.7 cm³/mol. The fourth-order valence-corrected chi connectivity index (χ4v) is 2.12. The van der Waals surface area contributed by atoms with Gasteiger partial charge in [-0.05, 0) is 6.42 Å². The summed E-state index contributed by atoms with van der Waals surface area (Å²) in [5.74, 6) is -13.5. The van der Waals surface area contributed by atoms with Crippen LogP contribution in [0.1, 0.15) is 19.8 Å². The van der Waals surface area contributed by atoms with E-state index in [1.165, 1.54) is 0 Å². The molecule has 0 aliphatic carbocycles. The highest BCUT2D eigenvalue weighted by molar-refractivity contribution is 7.85. The van der Waals surface area contributed by atoms with Gasteiger partial charge in [-0.2, -0.15) is 8.78 Å². The molecule has 0 bridgehead atoms. The lowest BCUT2D eigenvalue weighted by Crippen LogP contribution is -2.16. The van der Waals surface area contributed by atoms with Crippen molar-refractivity contribution in [3.05, 3.63) is 23.3 Å². The number of rotatable bonds is 6. The maximum atomic E-state index is 13.6. The predicted octanol–water partition coefficient (Wildman–Crippen LogP) is 1.40. The summed E-state index contributed by atoms with van der Waals surface area (Å²) in [6.07, 6.45) is -0.642. The molecular formula is C12H9F4O7S-. The molecule has 0 aromatic heterocycles. The van der Waals surface area contributed by atoms with Gasteiger partial charge in [-0.1, -0.05) is 0 Å². The first-order valence-corrected chi connectivity index (χ1v) is 7.53. The van der Waals surface area contributed by atoms with Crippen molar-refractivity contribution in [1.29, 1.82) is 0 Å². The number of hydrogen-bond acceptors (Lipinski definition) is 7. The second-order valence-electron chi connectivity index (χ2n) is 4.29. The standard InChI is InChI=1S/C12H10F4O7S/c1-5(17)22-4-2-3-6(18)23-11-7(13)9(15)12(24(19,20)21)10(16)8(11)14/h2-4H2,1H3,(H,19,20,21)/p-1. The van der Waals surface area contributed by atoms with Gasteiger partial charge in [0.2, 0.25) is 17.4 Å². The van der Waals surface area contributed by atoms with Crippen LogP contribution in [-0.4, -0.2) is 31.5 Å². The molecule has 1 rings (SSSR count). The third kappa shape index (κ3) is 4.64. The Bertz CT molecular complexity index is 747. The zero-order valence-electron chi connectivity index (χ0n) is 11.9. The van der Waals surface area contributed by atoms with Gasteiger partial charge in [0.25, 0.3) is 0 Å². The highest BCUT2D eigenvalue weighted by Gasteiger charge is 2.31. The molecule has 0 amide bonds. The average molecular weight is 373 g/mol. The minimum Gasteiger partial charge on any atom is -0.744 e. The number of halogens is 4. The molecule has 0 heterocycles. The quantitative estimate of drug-likeness (QED) is 0.185. The Kier molecular flexibility index (Phi) is 6.26. The van der Waals surface area contributed by atoms with Crippen LogP contribution < -0.4 is 4.74 Å². The van der Waals surface area contributed by atoms with Gasteiger partial charge in [0.05, 0.1) is 6.61 Å². The van der Waals surface area contributed by atoms with Crippen molar-refractivity contribution in [3.63, 3.8) is 0 Å². The van der Waals surface area contributed by atoms with Crippen LogP contribution in [0.3, 0.4) is 0 Å². The van der Waals surface area contributed by atoms with Crippen molar-refractivity contribution in [2.24, 2.45) is 0 Å². The van der Waals surface area contributed by atoms with Crippen LogP contribution in [0.15, 0.2) is 4.90 Å². The normalized spacial score (nSPS) is 11.2. The summed E-state index contributed by atoms with van der Waals surface area (Å²) in [5, 5.41) is 0. The van der Waals surface area contributed by atoms with E-state index >= 15 is 0 Å². The van der Waals surface area contributed by atoms with Crippen LogP contribution in [-0.2, 0) is 24.4 Å². The molecule has 0 unspecified atom stereocenters. The Morgan fingerprint density at radius 1 is 1.04 bits per heavy atom. The lowest BCUT2D eigenvalue weighted by molar-refractivity contribution is -0.142. The fourth-order valence-electron chi connectivity index (χ4n) is 1.50. The summed E-state index contributed by atoms with van der Waals surface area (Å²) in [5.41, 5.74) is 0. The Hall–Kier alpha value is -2.21. The number of carbonyl (C=O) groups is 2. The van der Waals surface area contributed by atoms with Crippen LogP contribution in [0.4, 0.5) is 17.6 Å². The zero-order valence-corrected chi connectivity index (χ0v) is 12.7. The number of carbonyl (C=O) groups excluding carboxylic acids is 2. The van der Waals surface area contributed by atoms with E-state index in [0.29, 0.717) is 0 Å². The minimum absolute atomic E-state index is 0.111. The molecular weight excluding hydrogens is 364 g/mol. The van der Waals surface area contributed by atoms with Crippen LogP contribution >= 0.6 is 0 Å². The number of benzene rings is 1. The highest BCUT2D eigenvalue weighted by Crippen LogP contribution is 2.32. The molecule has 0 saturated heterocycles. The third-order valence-electron chi connectivity index (χ3n) is 2.48. The molecule has 0 aliphatic heterocycles. The summed E-state index contributed by atoms with van der Waals surface area (Å²) in [6, 6.07) is 0. The van der Waals surface area contributed by atoms with E-state index < -0.39 is 62.4 Å². The van der Waals surface area contributed by atoms with Crippen LogP contribution in [0.5, 0.6) is 5.75 Å². The summed E-state index contributed by atoms with van der Waals surface area (Å²) >= 11 is 0. The van der Waals surface area contributed by atoms with E-state index in [-0.39, 0.29) is 13.0 Å². The summed E-state index contributed by atoms with van der Waals surface area (Å²) in [4.78, 5) is 19.5. The van der Waals surface area contributed by atoms with Crippen LogP contribution in [0.2, 0.25) is 0 Å². The molecule has 0 saturated carbocycles. The average Bonchev–Trinajstić information content (AvgIpc) is 2.44. The van der Waals surface area contributed by atoms with Crippen molar-refractivity contribution in [1.82, 2.24) is 0 Å². The largest absolute Gasteiger partial charge is 0.744 e. The topological polar surface area (TPSA) is 110 Å². The van der Waals surface area contributed by atoms with Gasteiger partial charge < -0.3 is 14.0 Å². The maximum Gasteiger partial charge on any atom is 0.311 e. The van der Waals surface area contributed by atoms with E-state index in [0.717, 1.165) is 6.92 Å². The molecule has 0 fully saturated rings. The number of esters is 2. The van der Waals surface area contributed by atoms with E-state index in [2.05, 4.69) is 9.47 Å². The van der Waals surface area contributed by atoms with E-state index in [9.17, 15) is 40.1 Å². The molecule has 24 heavy (non-hydrogen) atoms. The second-order valence-corrected chi connectivity index (χ2v) is 5.60. The third-order valence-corrected chi connectivity index (χ3v) is 3.34. The van der Waals surface area contributed by atoms with Crippen molar-refractivity contribution >= 4 is 22.1 Å². The monoisotopic (exact) mass is 373 g/mol. The van der Waals surface area contributed by atoms with E-state index in [1.807, 2.05) is 0 Å². The molecule has 0 spiro atoms. The zero-order chi connectivity index (χ0) is 18.7. The molecule has 1 aromatic carbocycles. The maximum absolute atomic E-state index is 13.6. The smallest absolute Gasteiger partial charge is 0.311 e. The Morgan fingerprint density at radius 3 is 1.96 bits per heavy atom.